The first kappa shape index (κ1) is 13.7. The molecule has 0 aromatic carbocycles. The smallest absolute Gasteiger partial charge is 0.239 e. The molecular weight excluding hydrogens is 192 g/mol. The lowest BCUT2D eigenvalue weighted by Crippen LogP contribution is -2.48. The van der Waals surface area contributed by atoms with E-state index in [0.717, 1.165) is 6.54 Å². The van der Waals surface area contributed by atoms with Gasteiger partial charge in [0.1, 0.15) is 0 Å². The third-order valence-corrected chi connectivity index (χ3v) is 1.50. The number of amides is 1. The van der Waals surface area contributed by atoms with Crippen LogP contribution in [-0.2, 0) is 4.79 Å². The van der Waals surface area contributed by atoms with Gasteiger partial charge in [0.05, 0.1) is 6.54 Å². The zero-order valence-electron chi connectivity index (χ0n) is 10.3. The van der Waals surface area contributed by atoms with Gasteiger partial charge in [0.15, 0.2) is 5.96 Å². The van der Waals surface area contributed by atoms with Crippen LogP contribution in [0.25, 0.3) is 0 Å². The summed E-state index contributed by atoms with van der Waals surface area (Å²) >= 11 is 0. The van der Waals surface area contributed by atoms with Crippen LogP contribution in [0.15, 0.2) is 4.99 Å². The number of rotatable bonds is 3. The van der Waals surface area contributed by atoms with E-state index in [1.807, 2.05) is 27.7 Å². The Balaban J connectivity index is 3.90. The lowest BCUT2D eigenvalue weighted by Gasteiger charge is -2.21. The summed E-state index contributed by atoms with van der Waals surface area (Å²) in [7, 11) is 1.67. The summed E-state index contributed by atoms with van der Waals surface area (Å²) < 4.78 is 0. The fraction of sp³-hybridized carbons (Fsp3) is 0.800. The maximum Gasteiger partial charge on any atom is 0.239 e. The molecule has 0 unspecified atom stereocenters. The van der Waals surface area contributed by atoms with Gasteiger partial charge in [0.2, 0.25) is 5.91 Å². The van der Waals surface area contributed by atoms with Crippen molar-refractivity contribution in [2.45, 2.75) is 33.2 Å². The molecule has 0 fully saturated rings. The van der Waals surface area contributed by atoms with Crippen molar-refractivity contribution in [3.63, 3.8) is 0 Å². The topological polar surface area (TPSA) is 65.5 Å². The fourth-order valence-corrected chi connectivity index (χ4v) is 1.01. The molecule has 0 aliphatic rings. The predicted octanol–water partition coefficient (Wildman–Crippen LogP) is 0.0860. The minimum absolute atomic E-state index is 0.0402. The summed E-state index contributed by atoms with van der Waals surface area (Å²) in [5, 5.41) is 8.79. The highest BCUT2D eigenvalue weighted by Crippen LogP contribution is 1.96. The average molecular weight is 214 g/mol. The molecular formula is C10H22N4O. The van der Waals surface area contributed by atoms with Crippen molar-refractivity contribution in [3.8, 4) is 0 Å². The van der Waals surface area contributed by atoms with Crippen molar-refractivity contribution in [1.82, 2.24) is 16.0 Å². The van der Waals surface area contributed by atoms with E-state index in [1.54, 1.807) is 7.05 Å². The van der Waals surface area contributed by atoms with Crippen LogP contribution in [0.3, 0.4) is 0 Å². The van der Waals surface area contributed by atoms with E-state index in [4.69, 9.17) is 0 Å². The molecule has 0 aromatic rings. The molecule has 0 saturated heterocycles. The second-order valence-electron chi connectivity index (χ2n) is 4.25. The van der Waals surface area contributed by atoms with Gasteiger partial charge in [-0.05, 0) is 27.7 Å². The first-order chi connectivity index (χ1) is 6.89. The number of nitrogens with one attached hydrogen (secondary N) is 3. The van der Waals surface area contributed by atoms with Crippen molar-refractivity contribution in [3.05, 3.63) is 0 Å². The number of hydrogen-bond acceptors (Lipinski definition) is 2. The van der Waals surface area contributed by atoms with Crippen molar-refractivity contribution < 1.29 is 4.79 Å². The fourth-order valence-electron chi connectivity index (χ4n) is 1.01. The zero-order valence-corrected chi connectivity index (χ0v) is 10.3. The van der Waals surface area contributed by atoms with Crippen molar-refractivity contribution in [2.75, 3.05) is 20.1 Å². The Morgan fingerprint density at radius 3 is 2.27 bits per heavy atom. The van der Waals surface area contributed by atoms with Gasteiger partial charge < -0.3 is 16.0 Å². The van der Waals surface area contributed by atoms with Gasteiger partial charge in [0.25, 0.3) is 0 Å². The van der Waals surface area contributed by atoms with Crippen molar-refractivity contribution >= 4 is 11.9 Å². The van der Waals surface area contributed by atoms with Crippen molar-refractivity contribution in [2.24, 2.45) is 4.99 Å². The SMILES string of the molecule is CCNC(=NC)NCC(=O)NC(C)(C)C. The maximum atomic E-state index is 11.4. The summed E-state index contributed by atoms with van der Waals surface area (Å²) in [5.74, 6) is 0.600. The molecule has 88 valence electrons. The Hall–Kier alpha value is -1.26. The number of guanidine groups is 1. The van der Waals surface area contributed by atoms with Gasteiger partial charge in [-0.15, -0.1) is 0 Å². The Labute approximate surface area is 91.7 Å². The molecule has 15 heavy (non-hydrogen) atoms. The summed E-state index contributed by atoms with van der Waals surface area (Å²) in [6.45, 7) is 8.83. The molecule has 0 saturated carbocycles. The van der Waals surface area contributed by atoms with Gasteiger partial charge in [0, 0.05) is 19.1 Å². The molecule has 0 bridgehead atoms. The highest BCUT2D eigenvalue weighted by molar-refractivity contribution is 5.86. The third kappa shape index (κ3) is 7.78. The monoisotopic (exact) mass is 214 g/mol. The summed E-state index contributed by atoms with van der Waals surface area (Å²) in [4.78, 5) is 15.4. The van der Waals surface area contributed by atoms with E-state index in [1.165, 1.54) is 0 Å². The van der Waals surface area contributed by atoms with Crippen LogP contribution in [0.1, 0.15) is 27.7 Å². The molecule has 0 heterocycles. The molecule has 0 spiro atoms. The third-order valence-electron chi connectivity index (χ3n) is 1.50. The quantitative estimate of drug-likeness (QED) is 0.461. The number of carbonyl (C=O) groups excluding carboxylic acids is 1. The minimum Gasteiger partial charge on any atom is -0.357 e. The van der Waals surface area contributed by atoms with E-state index in [9.17, 15) is 4.79 Å². The van der Waals surface area contributed by atoms with Crippen LogP contribution in [0.4, 0.5) is 0 Å². The van der Waals surface area contributed by atoms with Crippen molar-refractivity contribution in [1.29, 1.82) is 0 Å². The van der Waals surface area contributed by atoms with Crippen LogP contribution < -0.4 is 16.0 Å². The molecule has 5 heteroatoms. The van der Waals surface area contributed by atoms with Gasteiger partial charge in [-0.1, -0.05) is 0 Å². The first-order valence-corrected chi connectivity index (χ1v) is 5.14. The second kappa shape index (κ2) is 6.27. The second-order valence-corrected chi connectivity index (χ2v) is 4.25. The van der Waals surface area contributed by atoms with Gasteiger partial charge in [-0.2, -0.15) is 0 Å². The van der Waals surface area contributed by atoms with Gasteiger partial charge >= 0.3 is 0 Å². The molecule has 5 nitrogen and oxygen atoms in total. The highest BCUT2D eigenvalue weighted by Gasteiger charge is 2.13. The number of carbonyl (C=O) groups is 1. The molecule has 0 rings (SSSR count). The Morgan fingerprint density at radius 1 is 1.27 bits per heavy atom. The standard InChI is InChI=1S/C10H22N4O/c1-6-12-9(11-5)13-7-8(15)14-10(2,3)4/h6-7H2,1-5H3,(H,14,15)(H2,11,12,13). The maximum absolute atomic E-state index is 11.4. The minimum atomic E-state index is -0.194. The van der Waals surface area contributed by atoms with E-state index in [2.05, 4.69) is 20.9 Å². The summed E-state index contributed by atoms with van der Waals surface area (Å²) in [5.41, 5.74) is -0.194. The van der Waals surface area contributed by atoms with E-state index in [0.29, 0.717) is 5.96 Å². The molecule has 3 N–H and O–H groups in total. The lowest BCUT2D eigenvalue weighted by atomic mass is 10.1. The van der Waals surface area contributed by atoms with E-state index in [-0.39, 0.29) is 18.0 Å². The number of nitrogens with zero attached hydrogens (tertiary/aromatic N) is 1. The molecule has 0 aromatic heterocycles. The van der Waals surface area contributed by atoms with E-state index < -0.39 is 0 Å². The number of aliphatic imine (C=N–C) groups is 1. The summed E-state index contributed by atoms with van der Waals surface area (Å²) in [6, 6.07) is 0. The largest absolute Gasteiger partial charge is 0.357 e. The van der Waals surface area contributed by atoms with Gasteiger partial charge in [-0.3, -0.25) is 9.79 Å². The first-order valence-electron chi connectivity index (χ1n) is 5.14. The van der Waals surface area contributed by atoms with Crippen LogP contribution in [0, 0.1) is 0 Å². The number of hydrogen-bond donors (Lipinski definition) is 3. The Morgan fingerprint density at radius 2 is 1.87 bits per heavy atom. The van der Waals surface area contributed by atoms with Crippen LogP contribution in [0.5, 0.6) is 0 Å². The van der Waals surface area contributed by atoms with Crippen LogP contribution in [-0.4, -0.2) is 37.5 Å². The Kier molecular flexibility index (Phi) is 5.74. The zero-order chi connectivity index (χ0) is 11.9. The molecule has 0 radical (unpaired) electrons. The molecule has 0 aliphatic heterocycles. The van der Waals surface area contributed by atoms with E-state index >= 15 is 0 Å². The van der Waals surface area contributed by atoms with Crippen LogP contribution in [0.2, 0.25) is 0 Å². The average Bonchev–Trinajstić information content (AvgIpc) is 2.09. The molecule has 0 atom stereocenters. The highest BCUT2D eigenvalue weighted by atomic mass is 16.2. The molecule has 1 amide bonds. The Bertz CT molecular complexity index is 230. The normalized spacial score (nSPS) is 12.2. The predicted molar refractivity (Wildman–Crippen MR) is 62.9 cm³/mol. The summed E-state index contributed by atoms with van der Waals surface area (Å²) in [6.07, 6.45) is 0. The van der Waals surface area contributed by atoms with Crippen LogP contribution >= 0.6 is 0 Å². The van der Waals surface area contributed by atoms with Gasteiger partial charge in [-0.25, -0.2) is 0 Å². The lowest BCUT2D eigenvalue weighted by molar-refractivity contribution is -0.121. The molecule has 0 aliphatic carbocycles.